The van der Waals surface area contributed by atoms with Gasteiger partial charge in [-0.1, -0.05) is 35.5 Å². The van der Waals surface area contributed by atoms with Crippen molar-refractivity contribution in [1.29, 1.82) is 0 Å². The van der Waals surface area contributed by atoms with E-state index in [1.54, 1.807) is 13.0 Å². The first-order valence-corrected chi connectivity index (χ1v) is 9.32. The van der Waals surface area contributed by atoms with Crippen LogP contribution < -0.4 is 10.6 Å². The third-order valence-electron chi connectivity index (χ3n) is 3.48. The first kappa shape index (κ1) is 19.1. The van der Waals surface area contributed by atoms with Gasteiger partial charge in [0.2, 0.25) is 11.8 Å². The van der Waals surface area contributed by atoms with Crippen molar-refractivity contribution in [3.8, 4) is 0 Å². The van der Waals surface area contributed by atoms with Gasteiger partial charge in [0.25, 0.3) is 0 Å². The molecule has 0 aliphatic carbocycles. The van der Waals surface area contributed by atoms with Gasteiger partial charge in [0, 0.05) is 12.1 Å². The zero-order valence-corrected chi connectivity index (χ0v) is 15.3. The monoisotopic (exact) mass is 361 g/mol. The second-order valence-electron chi connectivity index (χ2n) is 5.86. The third-order valence-corrected chi connectivity index (χ3v) is 4.41. The van der Waals surface area contributed by atoms with Crippen LogP contribution in [-0.2, 0) is 16.0 Å². The van der Waals surface area contributed by atoms with Gasteiger partial charge in [-0.15, -0.1) is 11.8 Å². The van der Waals surface area contributed by atoms with Crippen LogP contribution in [0.15, 0.2) is 40.9 Å². The van der Waals surface area contributed by atoms with Gasteiger partial charge >= 0.3 is 0 Å². The number of carbonyl (C=O) groups excluding carboxylic acids is 2. The molecule has 25 heavy (non-hydrogen) atoms. The van der Waals surface area contributed by atoms with Crippen LogP contribution in [-0.4, -0.2) is 34.5 Å². The first-order valence-electron chi connectivity index (χ1n) is 8.17. The van der Waals surface area contributed by atoms with E-state index in [0.717, 1.165) is 12.8 Å². The molecule has 0 spiro atoms. The van der Waals surface area contributed by atoms with Gasteiger partial charge in [-0.3, -0.25) is 9.59 Å². The van der Waals surface area contributed by atoms with Gasteiger partial charge in [-0.2, -0.15) is 0 Å². The van der Waals surface area contributed by atoms with E-state index in [9.17, 15) is 9.59 Å². The number of carbonyl (C=O) groups is 2. The maximum Gasteiger partial charge on any atom is 0.235 e. The van der Waals surface area contributed by atoms with E-state index in [4.69, 9.17) is 4.52 Å². The molecule has 0 radical (unpaired) electrons. The molecule has 0 bridgehead atoms. The van der Waals surface area contributed by atoms with Crippen LogP contribution >= 0.6 is 11.8 Å². The van der Waals surface area contributed by atoms with Crippen LogP contribution in [0.3, 0.4) is 0 Å². The van der Waals surface area contributed by atoms with Gasteiger partial charge in [-0.05, 0) is 32.3 Å². The maximum absolute atomic E-state index is 11.9. The molecule has 0 aliphatic heterocycles. The number of hydrogen-bond acceptors (Lipinski definition) is 5. The van der Waals surface area contributed by atoms with Crippen molar-refractivity contribution < 1.29 is 14.1 Å². The Balaban J connectivity index is 1.59. The summed E-state index contributed by atoms with van der Waals surface area (Å²) < 4.78 is 4.87. The van der Waals surface area contributed by atoms with E-state index >= 15 is 0 Å². The number of nitrogens with one attached hydrogen (secondary N) is 2. The number of thioether (sulfide) groups is 1. The number of nitrogens with zero attached hydrogens (tertiary/aromatic N) is 1. The lowest BCUT2D eigenvalue weighted by Gasteiger charge is -2.13. The van der Waals surface area contributed by atoms with Crippen molar-refractivity contribution in [3.63, 3.8) is 0 Å². The Morgan fingerprint density at radius 2 is 1.92 bits per heavy atom. The summed E-state index contributed by atoms with van der Waals surface area (Å²) in [6.07, 6.45) is 1.81. The summed E-state index contributed by atoms with van der Waals surface area (Å²) in [5, 5.41) is 9.27. The van der Waals surface area contributed by atoms with Crippen LogP contribution in [0.2, 0.25) is 0 Å². The molecule has 1 atom stereocenters. The molecule has 2 N–H and O–H groups in total. The Morgan fingerprint density at radius 3 is 2.60 bits per heavy atom. The highest BCUT2D eigenvalue weighted by Crippen LogP contribution is 2.09. The summed E-state index contributed by atoms with van der Waals surface area (Å²) in [4.78, 5) is 23.7. The van der Waals surface area contributed by atoms with Gasteiger partial charge in [0.15, 0.2) is 5.82 Å². The van der Waals surface area contributed by atoms with E-state index in [1.165, 1.54) is 17.3 Å². The molecule has 1 heterocycles. The summed E-state index contributed by atoms with van der Waals surface area (Å²) in [7, 11) is 0. The Kier molecular flexibility index (Phi) is 7.53. The second-order valence-corrected chi connectivity index (χ2v) is 6.84. The van der Waals surface area contributed by atoms with Crippen molar-refractivity contribution in [2.45, 2.75) is 32.7 Å². The largest absolute Gasteiger partial charge is 0.360 e. The number of benzene rings is 1. The maximum atomic E-state index is 11.9. The van der Waals surface area contributed by atoms with Crippen molar-refractivity contribution in [2.75, 3.05) is 16.8 Å². The van der Waals surface area contributed by atoms with Crippen LogP contribution in [0.4, 0.5) is 5.82 Å². The summed E-state index contributed by atoms with van der Waals surface area (Å²) in [5.74, 6) is 1.20. The van der Waals surface area contributed by atoms with E-state index in [0.29, 0.717) is 11.6 Å². The highest BCUT2D eigenvalue weighted by Gasteiger charge is 2.10. The van der Waals surface area contributed by atoms with E-state index < -0.39 is 0 Å². The van der Waals surface area contributed by atoms with Crippen molar-refractivity contribution in [1.82, 2.24) is 10.5 Å². The second kappa shape index (κ2) is 9.88. The summed E-state index contributed by atoms with van der Waals surface area (Å²) in [5.41, 5.74) is 1.26. The smallest absolute Gasteiger partial charge is 0.235 e. The minimum Gasteiger partial charge on any atom is -0.360 e. The molecule has 134 valence electrons. The van der Waals surface area contributed by atoms with E-state index in [-0.39, 0.29) is 29.4 Å². The van der Waals surface area contributed by atoms with E-state index in [1.807, 2.05) is 25.1 Å². The molecule has 0 saturated carbocycles. The number of amides is 2. The molecular weight excluding hydrogens is 338 g/mol. The predicted octanol–water partition coefficient (Wildman–Crippen LogP) is 2.79. The number of hydrogen-bond donors (Lipinski definition) is 2. The molecule has 6 nitrogen and oxygen atoms in total. The fourth-order valence-electron chi connectivity index (χ4n) is 2.26. The normalized spacial score (nSPS) is 11.8. The quantitative estimate of drug-likeness (QED) is 0.717. The standard InChI is InChI=1S/C18H23N3O3S/c1-13(8-9-15-6-4-3-5-7-15)19-17(22)11-25-12-18(23)20-16-10-14(2)24-21-16/h3-7,10,13H,8-9,11-12H2,1-2H3,(H,19,22)(H,20,21,23). The number of rotatable bonds is 9. The first-order chi connectivity index (χ1) is 12.0. The highest BCUT2D eigenvalue weighted by atomic mass is 32.2. The molecule has 1 aromatic carbocycles. The summed E-state index contributed by atoms with van der Waals surface area (Å²) in [6.45, 7) is 3.74. The van der Waals surface area contributed by atoms with Gasteiger partial charge in [0.05, 0.1) is 11.5 Å². The molecular formula is C18H23N3O3S. The average molecular weight is 361 g/mol. The number of aryl methyl sites for hydroxylation is 2. The van der Waals surface area contributed by atoms with Gasteiger partial charge in [0.1, 0.15) is 5.76 Å². The Bertz CT molecular complexity index is 688. The zero-order chi connectivity index (χ0) is 18.1. The van der Waals surface area contributed by atoms with Crippen molar-refractivity contribution in [3.05, 3.63) is 47.7 Å². The number of anilines is 1. The predicted molar refractivity (Wildman–Crippen MR) is 99.6 cm³/mol. The van der Waals surface area contributed by atoms with Gasteiger partial charge in [-0.25, -0.2) is 0 Å². The number of aromatic nitrogens is 1. The lowest BCUT2D eigenvalue weighted by atomic mass is 10.1. The van der Waals surface area contributed by atoms with Crippen molar-refractivity contribution in [2.24, 2.45) is 0 Å². The van der Waals surface area contributed by atoms with E-state index in [2.05, 4.69) is 27.9 Å². The van der Waals surface area contributed by atoms with Gasteiger partial charge < -0.3 is 15.2 Å². The lowest BCUT2D eigenvalue weighted by molar-refractivity contribution is -0.119. The average Bonchev–Trinajstić information content (AvgIpc) is 2.98. The zero-order valence-electron chi connectivity index (χ0n) is 14.5. The molecule has 2 rings (SSSR count). The fraction of sp³-hybridized carbons (Fsp3) is 0.389. The highest BCUT2D eigenvalue weighted by molar-refractivity contribution is 8.00. The molecule has 1 unspecified atom stereocenters. The lowest BCUT2D eigenvalue weighted by Crippen LogP contribution is -2.34. The topological polar surface area (TPSA) is 84.2 Å². The minimum atomic E-state index is -0.205. The molecule has 2 amide bonds. The Hall–Kier alpha value is -2.28. The molecule has 0 fully saturated rings. The van der Waals surface area contributed by atoms with Crippen molar-refractivity contribution >= 4 is 29.4 Å². The molecule has 2 aromatic rings. The molecule has 1 aromatic heterocycles. The van der Waals surface area contributed by atoms with Crippen LogP contribution in [0, 0.1) is 6.92 Å². The Morgan fingerprint density at radius 1 is 1.20 bits per heavy atom. The summed E-state index contributed by atoms with van der Waals surface area (Å²) >= 11 is 1.27. The third kappa shape index (κ3) is 7.43. The minimum absolute atomic E-state index is 0.0596. The molecule has 0 saturated heterocycles. The van der Waals surface area contributed by atoms with Crippen LogP contribution in [0.25, 0.3) is 0 Å². The molecule has 7 heteroatoms. The summed E-state index contributed by atoms with van der Waals surface area (Å²) in [6, 6.07) is 11.9. The van der Waals surface area contributed by atoms with Crippen LogP contribution in [0.5, 0.6) is 0 Å². The SMILES string of the molecule is Cc1cc(NC(=O)CSCC(=O)NC(C)CCc2ccccc2)no1. The molecule has 0 aliphatic rings. The fourth-order valence-corrected chi connectivity index (χ4v) is 2.89. The Labute approximate surface area is 151 Å². The van der Waals surface area contributed by atoms with Crippen LogP contribution in [0.1, 0.15) is 24.7 Å².